The van der Waals surface area contributed by atoms with Crippen LogP contribution in [0, 0.1) is 0 Å². The number of hydrogen-bond acceptors (Lipinski definition) is 5. The van der Waals surface area contributed by atoms with Gasteiger partial charge in [-0.1, -0.05) is 6.07 Å². The lowest BCUT2D eigenvalue weighted by atomic mass is 10.2. The molecule has 19 heavy (non-hydrogen) atoms. The van der Waals surface area contributed by atoms with Crippen LogP contribution in [0.15, 0.2) is 29.4 Å². The molecule has 0 aliphatic heterocycles. The smallest absolute Gasteiger partial charge is 0.404 e. The van der Waals surface area contributed by atoms with Crippen LogP contribution in [-0.4, -0.2) is 48.4 Å². The van der Waals surface area contributed by atoms with Crippen LogP contribution < -0.4 is 10.0 Å². The van der Waals surface area contributed by atoms with Gasteiger partial charge in [-0.3, -0.25) is 0 Å². The quantitative estimate of drug-likeness (QED) is 0.552. The van der Waals surface area contributed by atoms with Gasteiger partial charge in [-0.15, -0.1) is 0 Å². The number of nitrogens with one attached hydrogen (secondary N) is 2. The van der Waals surface area contributed by atoms with Gasteiger partial charge in [0.1, 0.15) is 0 Å². The van der Waals surface area contributed by atoms with Crippen molar-refractivity contribution >= 4 is 16.1 Å². The summed E-state index contributed by atoms with van der Waals surface area (Å²) in [6.45, 7) is 1.11. The molecule has 1 heterocycles. The van der Waals surface area contributed by atoms with Crippen LogP contribution in [0.4, 0.5) is 4.79 Å². The van der Waals surface area contributed by atoms with Gasteiger partial charge in [0.15, 0.2) is 5.03 Å². The zero-order chi connectivity index (χ0) is 14.5. The Morgan fingerprint density at radius 1 is 1.47 bits per heavy atom. The summed E-state index contributed by atoms with van der Waals surface area (Å²) in [5, 5.41) is 19.9. The Kier molecular flexibility index (Phi) is 5.21. The number of nitrogens with zero attached hydrogens (tertiary/aromatic N) is 1. The minimum atomic E-state index is -3.81. The molecule has 0 saturated heterocycles. The zero-order valence-corrected chi connectivity index (χ0v) is 11.0. The highest BCUT2D eigenvalue weighted by Gasteiger charge is 2.20. The first-order valence-electron chi connectivity index (χ1n) is 5.41. The van der Waals surface area contributed by atoms with Crippen LogP contribution in [0.3, 0.4) is 0 Å². The number of amides is 1. The minimum absolute atomic E-state index is 0.166. The van der Waals surface area contributed by atoms with E-state index in [-0.39, 0.29) is 11.6 Å². The third kappa shape index (κ3) is 4.81. The molecule has 0 fully saturated rings. The van der Waals surface area contributed by atoms with Crippen LogP contribution in [0.1, 0.15) is 6.92 Å². The van der Waals surface area contributed by atoms with Crippen molar-refractivity contribution < 1.29 is 23.4 Å². The fourth-order valence-corrected chi connectivity index (χ4v) is 2.24. The van der Waals surface area contributed by atoms with Gasteiger partial charge in [0.25, 0.3) is 10.0 Å². The number of carbonyl (C=O) groups is 1. The predicted octanol–water partition coefficient (Wildman–Crippen LogP) is -0.623. The highest BCUT2D eigenvalue weighted by Crippen LogP contribution is 2.03. The van der Waals surface area contributed by atoms with E-state index in [1.807, 2.05) is 5.32 Å². The second kappa shape index (κ2) is 6.45. The van der Waals surface area contributed by atoms with Crippen molar-refractivity contribution in [3.8, 4) is 0 Å². The molecule has 4 N–H and O–H groups in total. The van der Waals surface area contributed by atoms with Crippen molar-refractivity contribution in [3.63, 3.8) is 0 Å². The Morgan fingerprint density at radius 2 is 2.16 bits per heavy atom. The maximum atomic E-state index is 11.8. The molecular weight excluding hydrogens is 274 g/mol. The van der Waals surface area contributed by atoms with Crippen molar-refractivity contribution in [2.24, 2.45) is 0 Å². The van der Waals surface area contributed by atoms with E-state index >= 15 is 0 Å². The largest absolute Gasteiger partial charge is 0.465 e. The van der Waals surface area contributed by atoms with Gasteiger partial charge in [0, 0.05) is 12.7 Å². The van der Waals surface area contributed by atoms with Crippen molar-refractivity contribution in [3.05, 3.63) is 24.4 Å². The van der Waals surface area contributed by atoms with Crippen LogP contribution >= 0.6 is 0 Å². The average Bonchev–Trinajstić information content (AvgIpc) is 2.36. The fourth-order valence-electron chi connectivity index (χ4n) is 1.24. The highest BCUT2D eigenvalue weighted by molar-refractivity contribution is 7.89. The Labute approximate surface area is 110 Å². The number of aliphatic hydroxyl groups is 1. The van der Waals surface area contributed by atoms with Gasteiger partial charge in [0.2, 0.25) is 0 Å². The molecule has 106 valence electrons. The molecule has 0 radical (unpaired) electrons. The summed E-state index contributed by atoms with van der Waals surface area (Å²) >= 11 is 0. The second-order valence-electron chi connectivity index (χ2n) is 3.83. The number of aliphatic hydroxyl groups excluding tert-OH is 1. The number of pyridine rings is 1. The lowest BCUT2D eigenvalue weighted by Crippen LogP contribution is -2.46. The SMILES string of the molecule is CC(NC(=O)O)C(O)CNS(=O)(=O)c1ccccn1. The first kappa shape index (κ1) is 15.3. The van der Waals surface area contributed by atoms with E-state index in [1.54, 1.807) is 6.07 Å². The van der Waals surface area contributed by atoms with Gasteiger partial charge in [-0.05, 0) is 19.1 Å². The summed E-state index contributed by atoms with van der Waals surface area (Å²) in [4.78, 5) is 14.0. The molecule has 0 aliphatic rings. The zero-order valence-electron chi connectivity index (χ0n) is 10.1. The third-order valence-electron chi connectivity index (χ3n) is 2.32. The van der Waals surface area contributed by atoms with Gasteiger partial charge < -0.3 is 15.5 Å². The maximum Gasteiger partial charge on any atom is 0.404 e. The van der Waals surface area contributed by atoms with E-state index < -0.39 is 28.3 Å². The molecule has 0 spiro atoms. The molecule has 0 bridgehead atoms. The summed E-state index contributed by atoms with van der Waals surface area (Å²) in [5.74, 6) is 0. The molecule has 8 nitrogen and oxygen atoms in total. The van der Waals surface area contributed by atoms with E-state index in [1.165, 1.54) is 25.3 Å². The summed E-state index contributed by atoms with van der Waals surface area (Å²) in [6, 6.07) is 3.61. The van der Waals surface area contributed by atoms with Crippen LogP contribution in [0.5, 0.6) is 0 Å². The van der Waals surface area contributed by atoms with Crippen LogP contribution in [0.25, 0.3) is 0 Å². The lowest BCUT2D eigenvalue weighted by Gasteiger charge is -2.18. The van der Waals surface area contributed by atoms with Crippen molar-refractivity contribution in [1.82, 2.24) is 15.0 Å². The summed E-state index contributed by atoms with van der Waals surface area (Å²) in [6.07, 6.45) is -1.15. The number of sulfonamides is 1. The molecule has 1 aromatic rings. The number of rotatable bonds is 6. The lowest BCUT2D eigenvalue weighted by molar-refractivity contribution is 0.129. The van der Waals surface area contributed by atoms with E-state index in [4.69, 9.17) is 5.11 Å². The molecule has 1 rings (SSSR count). The van der Waals surface area contributed by atoms with Gasteiger partial charge >= 0.3 is 6.09 Å². The summed E-state index contributed by atoms with van der Waals surface area (Å²) < 4.78 is 25.7. The summed E-state index contributed by atoms with van der Waals surface area (Å²) in [5.41, 5.74) is 0. The minimum Gasteiger partial charge on any atom is -0.465 e. The van der Waals surface area contributed by atoms with E-state index in [0.717, 1.165) is 0 Å². The third-order valence-corrected chi connectivity index (χ3v) is 3.66. The standard InChI is InChI=1S/C10H15N3O5S/c1-7(13-10(15)16)8(14)6-12-19(17,18)9-4-2-3-5-11-9/h2-5,7-8,12-14H,6H2,1H3,(H,15,16). The Hall–Kier alpha value is -1.71. The van der Waals surface area contributed by atoms with Crippen molar-refractivity contribution in [2.45, 2.75) is 24.1 Å². The van der Waals surface area contributed by atoms with E-state index in [2.05, 4.69) is 9.71 Å². The number of aromatic nitrogens is 1. The van der Waals surface area contributed by atoms with Crippen LogP contribution in [-0.2, 0) is 10.0 Å². The van der Waals surface area contributed by atoms with Crippen molar-refractivity contribution in [2.75, 3.05) is 6.54 Å². The molecule has 9 heteroatoms. The molecule has 2 atom stereocenters. The topological polar surface area (TPSA) is 129 Å². The molecule has 0 aliphatic carbocycles. The molecular formula is C10H15N3O5S. The highest BCUT2D eigenvalue weighted by atomic mass is 32.2. The van der Waals surface area contributed by atoms with Gasteiger partial charge in [-0.25, -0.2) is 22.9 Å². The molecule has 2 unspecified atom stereocenters. The number of hydrogen-bond donors (Lipinski definition) is 4. The predicted molar refractivity (Wildman–Crippen MR) is 66.1 cm³/mol. The van der Waals surface area contributed by atoms with Crippen molar-refractivity contribution in [1.29, 1.82) is 0 Å². The van der Waals surface area contributed by atoms with E-state index in [0.29, 0.717) is 0 Å². The Bertz CT molecular complexity index is 519. The Morgan fingerprint density at radius 3 is 2.68 bits per heavy atom. The number of carboxylic acid groups (broad SMARTS) is 1. The fraction of sp³-hybridized carbons (Fsp3) is 0.400. The molecule has 1 aromatic heterocycles. The van der Waals surface area contributed by atoms with E-state index in [9.17, 15) is 18.3 Å². The normalized spacial score (nSPS) is 14.6. The Balaban J connectivity index is 2.59. The maximum absolute atomic E-state index is 11.8. The summed E-state index contributed by atoms with van der Waals surface area (Å²) in [7, 11) is -3.81. The van der Waals surface area contributed by atoms with Gasteiger partial charge in [-0.2, -0.15) is 0 Å². The molecule has 0 aromatic carbocycles. The first-order valence-corrected chi connectivity index (χ1v) is 6.89. The monoisotopic (exact) mass is 289 g/mol. The van der Waals surface area contributed by atoms with Gasteiger partial charge in [0.05, 0.1) is 12.1 Å². The molecule has 0 saturated carbocycles. The first-order chi connectivity index (χ1) is 8.83. The average molecular weight is 289 g/mol. The van der Waals surface area contributed by atoms with Crippen LogP contribution in [0.2, 0.25) is 0 Å². The molecule has 1 amide bonds. The second-order valence-corrected chi connectivity index (χ2v) is 5.54.